The van der Waals surface area contributed by atoms with E-state index >= 15 is 0 Å². The number of para-hydroxylation sites is 4. The molecule has 1 aliphatic heterocycles. The zero-order valence-electron chi connectivity index (χ0n) is 22.6. The van der Waals surface area contributed by atoms with E-state index in [4.69, 9.17) is 0 Å². The molecule has 0 saturated carbocycles. The summed E-state index contributed by atoms with van der Waals surface area (Å²) < 4.78 is 2.50. The third-order valence-electron chi connectivity index (χ3n) is 7.58. The van der Waals surface area contributed by atoms with Crippen LogP contribution in [0, 0.1) is 0 Å². The lowest BCUT2D eigenvalue weighted by molar-refractivity contribution is 0.170. The molecular weight excluding hydrogens is 523 g/mol. The van der Waals surface area contributed by atoms with Crippen LogP contribution < -0.4 is 5.32 Å². The van der Waals surface area contributed by atoms with Crippen molar-refractivity contribution in [3.8, 4) is 0 Å². The van der Waals surface area contributed by atoms with Crippen molar-refractivity contribution in [2.24, 2.45) is 0 Å². The molecule has 6 heteroatoms. The number of aryl methyl sites for hydroxylation is 1. The smallest absolute Gasteiger partial charge is 0.0491 e. The Morgan fingerprint density at radius 3 is 1.54 bits per heavy atom. The summed E-state index contributed by atoms with van der Waals surface area (Å²) >= 11 is 0. The van der Waals surface area contributed by atoms with Crippen LogP contribution in [0.15, 0.2) is 97.1 Å². The van der Waals surface area contributed by atoms with Crippen molar-refractivity contribution in [1.29, 1.82) is 0 Å². The van der Waals surface area contributed by atoms with Crippen molar-refractivity contribution in [3.05, 3.63) is 97.1 Å². The molecule has 204 valence electrons. The predicted octanol–water partition coefficient (Wildman–Crippen LogP) is 8.03. The number of H-pyrrole nitrogens is 1. The zero-order chi connectivity index (χ0) is 25.2. The topological polar surface area (TPSA) is 36.0 Å². The van der Waals surface area contributed by atoms with Crippen molar-refractivity contribution in [2.45, 2.75) is 38.9 Å². The Hall–Kier alpha value is -3.02. The molecule has 2 atom stereocenters. The number of fused-ring (bicyclic) bond motifs is 6. The van der Waals surface area contributed by atoms with Crippen LogP contribution in [0.1, 0.15) is 20.3 Å². The molecule has 1 fully saturated rings. The van der Waals surface area contributed by atoms with Gasteiger partial charge in [-0.3, -0.25) is 0 Å². The molecule has 0 aliphatic carbocycles. The average molecular weight is 562 g/mol. The number of nitrogens with zero attached hydrogens (tertiary/aromatic N) is 2. The molecular formula is C33H38Cl2N4. The van der Waals surface area contributed by atoms with Crippen LogP contribution in [-0.2, 0) is 6.54 Å². The molecule has 2 N–H and O–H groups in total. The second-order valence-corrected chi connectivity index (χ2v) is 10.5. The standard InChI is InChI=1S/C21H27N3.C12H9N.2ClH/c1-16-14-23(15-17(2)22-16)12-7-13-24-20-10-5-3-8-18(20)19-9-4-6-11-21(19)24;1-3-7-11-9(5-1)10-6-2-4-8-12(10)13-11;;/h3-6,8-11,16-17,22H,7,12-15H2,1-2H3;1-8,13H;2*1H/t16-,17+;;;. The van der Waals surface area contributed by atoms with E-state index in [1.165, 1.54) is 56.6 Å². The van der Waals surface area contributed by atoms with Gasteiger partial charge in [-0.2, -0.15) is 0 Å². The summed E-state index contributed by atoms with van der Waals surface area (Å²) in [6.07, 6.45) is 1.20. The monoisotopic (exact) mass is 560 g/mol. The van der Waals surface area contributed by atoms with Gasteiger partial charge in [-0.05, 0) is 51.1 Å². The average Bonchev–Trinajstić information content (AvgIpc) is 3.45. The van der Waals surface area contributed by atoms with Gasteiger partial charge in [0.1, 0.15) is 0 Å². The Bertz CT molecular complexity index is 1540. The molecule has 2 aromatic heterocycles. The number of nitrogens with one attached hydrogen (secondary N) is 2. The van der Waals surface area contributed by atoms with E-state index in [1.54, 1.807) is 0 Å². The highest BCUT2D eigenvalue weighted by Gasteiger charge is 2.20. The van der Waals surface area contributed by atoms with Crippen molar-refractivity contribution in [1.82, 2.24) is 19.8 Å². The maximum absolute atomic E-state index is 3.61. The van der Waals surface area contributed by atoms with E-state index in [-0.39, 0.29) is 24.8 Å². The van der Waals surface area contributed by atoms with Crippen molar-refractivity contribution < 1.29 is 0 Å². The summed E-state index contributed by atoms with van der Waals surface area (Å²) in [5.41, 5.74) is 5.15. The SMILES string of the molecule is C[C@@H]1CN(CCCn2c3ccccc3c3ccccc32)C[C@H](C)N1.Cl.Cl.c1ccc2c(c1)[nH]c1ccccc12. The quantitative estimate of drug-likeness (QED) is 0.229. The van der Waals surface area contributed by atoms with Crippen molar-refractivity contribution in [2.75, 3.05) is 19.6 Å². The van der Waals surface area contributed by atoms with Gasteiger partial charge in [0, 0.05) is 75.3 Å². The van der Waals surface area contributed by atoms with Crippen LogP contribution in [-0.4, -0.2) is 46.2 Å². The maximum atomic E-state index is 3.61. The maximum Gasteiger partial charge on any atom is 0.0491 e. The molecule has 1 aliphatic rings. The van der Waals surface area contributed by atoms with Gasteiger partial charge in [0.15, 0.2) is 0 Å². The highest BCUT2D eigenvalue weighted by atomic mass is 35.5. The highest BCUT2D eigenvalue weighted by molar-refractivity contribution is 6.08. The first kappa shape index (κ1) is 29.0. The van der Waals surface area contributed by atoms with Gasteiger partial charge in [-0.1, -0.05) is 72.8 Å². The molecule has 0 spiro atoms. The number of benzene rings is 4. The number of aromatic amines is 1. The predicted molar refractivity (Wildman–Crippen MR) is 173 cm³/mol. The van der Waals surface area contributed by atoms with Crippen LogP contribution >= 0.6 is 24.8 Å². The van der Waals surface area contributed by atoms with Crippen LogP contribution in [0.25, 0.3) is 43.6 Å². The lowest BCUT2D eigenvalue weighted by atomic mass is 10.1. The molecule has 1 saturated heterocycles. The minimum absolute atomic E-state index is 0. The molecule has 7 rings (SSSR count). The molecule has 4 nitrogen and oxygen atoms in total. The van der Waals surface area contributed by atoms with Crippen LogP contribution in [0.3, 0.4) is 0 Å². The molecule has 4 aromatic carbocycles. The Labute approximate surface area is 243 Å². The summed E-state index contributed by atoms with van der Waals surface area (Å²) in [7, 11) is 0. The summed E-state index contributed by atoms with van der Waals surface area (Å²) in [6.45, 7) is 9.16. The fourth-order valence-corrected chi connectivity index (χ4v) is 6.12. The van der Waals surface area contributed by atoms with E-state index in [9.17, 15) is 0 Å². The fourth-order valence-electron chi connectivity index (χ4n) is 6.12. The third kappa shape index (κ3) is 6.10. The van der Waals surface area contributed by atoms with E-state index in [2.05, 4.69) is 131 Å². The fraction of sp³-hybridized carbons (Fsp3) is 0.273. The Morgan fingerprint density at radius 1 is 0.590 bits per heavy atom. The lowest BCUT2D eigenvalue weighted by Gasteiger charge is -2.36. The number of aromatic nitrogens is 2. The Balaban J connectivity index is 0.000000200. The minimum Gasteiger partial charge on any atom is -0.355 e. The molecule has 6 aromatic rings. The first-order chi connectivity index (χ1) is 18.2. The molecule has 0 radical (unpaired) electrons. The Kier molecular flexibility index (Phi) is 9.58. The minimum atomic E-state index is 0. The van der Waals surface area contributed by atoms with E-state index in [1.807, 2.05) is 0 Å². The molecule has 0 bridgehead atoms. The number of piperazine rings is 1. The molecule has 0 amide bonds. The summed E-state index contributed by atoms with van der Waals surface area (Å²) in [6, 6.07) is 35.5. The summed E-state index contributed by atoms with van der Waals surface area (Å²) in [5.74, 6) is 0. The first-order valence-electron chi connectivity index (χ1n) is 13.6. The van der Waals surface area contributed by atoms with Crippen LogP contribution in [0.2, 0.25) is 0 Å². The van der Waals surface area contributed by atoms with Gasteiger partial charge >= 0.3 is 0 Å². The number of halogens is 2. The highest BCUT2D eigenvalue weighted by Crippen LogP contribution is 2.29. The van der Waals surface area contributed by atoms with Gasteiger partial charge in [0.25, 0.3) is 0 Å². The first-order valence-corrected chi connectivity index (χ1v) is 13.6. The van der Waals surface area contributed by atoms with Crippen molar-refractivity contribution >= 4 is 68.4 Å². The summed E-state index contributed by atoms with van der Waals surface area (Å²) in [4.78, 5) is 5.99. The second kappa shape index (κ2) is 12.9. The van der Waals surface area contributed by atoms with Gasteiger partial charge in [0.05, 0.1) is 0 Å². The Morgan fingerprint density at radius 2 is 1.03 bits per heavy atom. The normalized spacial score (nSPS) is 17.5. The molecule has 3 heterocycles. The zero-order valence-corrected chi connectivity index (χ0v) is 24.3. The van der Waals surface area contributed by atoms with Gasteiger partial charge in [-0.15, -0.1) is 24.8 Å². The largest absolute Gasteiger partial charge is 0.355 e. The van der Waals surface area contributed by atoms with Gasteiger partial charge in [-0.25, -0.2) is 0 Å². The van der Waals surface area contributed by atoms with E-state index in [0.29, 0.717) is 12.1 Å². The van der Waals surface area contributed by atoms with E-state index in [0.717, 1.165) is 19.6 Å². The number of hydrogen-bond donors (Lipinski definition) is 2. The van der Waals surface area contributed by atoms with Gasteiger partial charge < -0.3 is 19.8 Å². The number of rotatable bonds is 4. The second-order valence-electron chi connectivity index (χ2n) is 10.5. The number of hydrogen-bond acceptors (Lipinski definition) is 2. The van der Waals surface area contributed by atoms with Crippen molar-refractivity contribution in [3.63, 3.8) is 0 Å². The summed E-state index contributed by atoms with van der Waals surface area (Å²) in [5, 5.41) is 8.97. The van der Waals surface area contributed by atoms with Crippen LogP contribution in [0.5, 0.6) is 0 Å². The molecule has 0 unspecified atom stereocenters. The third-order valence-corrected chi connectivity index (χ3v) is 7.58. The lowest BCUT2D eigenvalue weighted by Crippen LogP contribution is -2.54. The van der Waals surface area contributed by atoms with Gasteiger partial charge in [0.2, 0.25) is 0 Å². The molecule has 39 heavy (non-hydrogen) atoms. The van der Waals surface area contributed by atoms with Crippen LogP contribution in [0.4, 0.5) is 0 Å². The van der Waals surface area contributed by atoms with E-state index < -0.39 is 0 Å².